The molecular formula is C20H25BrN4O. The van der Waals surface area contributed by atoms with E-state index in [1.54, 1.807) is 0 Å². The highest BCUT2D eigenvalue weighted by molar-refractivity contribution is 9.10. The number of ether oxygens (including phenoxy) is 1. The van der Waals surface area contributed by atoms with Crippen molar-refractivity contribution in [2.75, 3.05) is 26.7 Å². The normalized spacial score (nSPS) is 11.5. The minimum absolute atomic E-state index is 0.675. The van der Waals surface area contributed by atoms with Gasteiger partial charge in [0.05, 0.1) is 18.7 Å². The van der Waals surface area contributed by atoms with Gasteiger partial charge in [-0.2, -0.15) is 0 Å². The van der Waals surface area contributed by atoms with E-state index in [4.69, 9.17) is 4.74 Å². The van der Waals surface area contributed by atoms with Crippen molar-refractivity contribution in [2.45, 2.75) is 26.5 Å². The molecule has 0 spiro atoms. The molecule has 5 nitrogen and oxygen atoms in total. The Balaban J connectivity index is 1.39. The van der Waals surface area contributed by atoms with Crippen LogP contribution in [0.3, 0.4) is 0 Å². The molecule has 0 aliphatic heterocycles. The van der Waals surface area contributed by atoms with E-state index in [2.05, 4.69) is 69.4 Å². The Morgan fingerprint density at radius 2 is 1.92 bits per heavy atom. The second-order valence-corrected chi connectivity index (χ2v) is 7.40. The average molecular weight is 417 g/mol. The van der Waals surface area contributed by atoms with Gasteiger partial charge in [-0.25, -0.2) is 4.68 Å². The average Bonchev–Trinajstić information content (AvgIpc) is 3.06. The molecular weight excluding hydrogens is 392 g/mol. The van der Waals surface area contributed by atoms with E-state index < -0.39 is 0 Å². The fourth-order valence-corrected chi connectivity index (χ4v) is 3.21. The molecule has 0 aliphatic carbocycles. The zero-order valence-electron chi connectivity index (χ0n) is 15.4. The third-order valence-electron chi connectivity index (χ3n) is 4.51. The Bertz CT molecular complexity index is 834. The number of fused-ring (bicyclic) bond motifs is 1. The summed E-state index contributed by atoms with van der Waals surface area (Å²) in [6, 6.07) is 14.4. The van der Waals surface area contributed by atoms with Crippen LogP contribution in [0.2, 0.25) is 0 Å². The van der Waals surface area contributed by atoms with E-state index >= 15 is 0 Å². The maximum atomic E-state index is 5.75. The van der Waals surface area contributed by atoms with Crippen molar-refractivity contribution in [3.8, 4) is 0 Å². The van der Waals surface area contributed by atoms with Gasteiger partial charge in [-0.05, 0) is 50.2 Å². The molecule has 0 N–H and O–H groups in total. The van der Waals surface area contributed by atoms with Crippen molar-refractivity contribution in [3.05, 3.63) is 58.1 Å². The maximum Gasteiger partial charge on any atom is 0.117 e. The van der Waals surface area contributed by atoms with Crippen LogP contribution in [0, 0.1) is 6.92 Å². The molecule has 1 heterocycles. The molecule has 1 aromatic heterocycles. The number of likely N-dealkylation sites (N-methyl/N-ethyl adjacent to an activating group) is 1. The summed E-state index contributed by atoms with van der Waals surface area (Å²) >= 11 is 3.55. The molecule has 0 saturated heterocycles. The number of halogens is 1. The zero-order chi connectivity index (χ0) is 18.4. The van der Waals surface area contributed by atoms with Gasteiger partial charge in [0, 0.05) is 17.6 Å². The molecule has 26 heavy (non-hydrogen) atoms. The molecule has 0 unspecified atom stereocenters. The zero-order valence-corrected chi connectivity index (χ0v) is 16.9. The molecule has 3 aromatic rings. The Kier molecular flexibility index (Phi) is 6.77. The van der Waals surface area contributed by atoms with Gasteiger partial charge in [-0.15, -0.1) is 5.10 Å². The number of nitrogens with zero attached hydrogens (tertiary/aromatic N) is 4. The van der Waals surface area contributed by atoms with Crippen LogP contribution < -0.4 is 0 Å². The van der Waals surface area contributed by atoms with Gasteiger partial charge < -0.3 is 9.64 Å². The van der Waals surface area contributed by atoms with Gasteiger partial charge in [-0.3, -0.25) is 0 Å². The minimum atomic E-state index is 0.675. The topological polar surface area (TPSA) is 43.2 Å². The van der Waals surface area contributed by atoms with Crippen LogP contribution in [0.1, 0.15) is 17.5 Å². The second-order valence-electron chi connectivity index (χ2n) is 6.55. The smallest absolute Gasteiger partial charge is 0.117 e. The number of hydrogen-bond acceptors (Lipinski definition) is 4. The van der Waals surface area contributed by atoms with Crippen LogP contribution >= 0.6 is 15.9 Å². The van der Waals surface area contributed by atoms with Crippen LogP contribution in [0.25, 0.3) is 11.0 Å². The summed E-state index contributed by atoms with van der Waals surface area (Å²) in [6.07, 6.45) is 1.03. The maximum absolute atomic E-state index is 5.75. The standard InChI is InChI=1S/C20H25BrN4O/c1-16-18(21)9-10-19-20(16)22-23-25(19)12-6-11-24(2)13-14-26-15-17-7-4-3-5-8-17/h3-5,7-10H,6,11-15H2,1-2H3. The first-order valence-electron chi connectivity index (χ1n) is 8.93. The van der Waals surface area contributed by atoms with Gasteiger partial charge in [0.15, 0.2) is 0 Å². The fourth-order valence-electron chi connectivity index (χ4n) is 2.89. The summed E-state index contributed by atoms with van der Waals surface area (Å²) in [4.78, 5) is 2.30. The molecule has 0 atom stereocenters. The molecule has 2 aromatic carbocycles. The first-order valence-corrected chi connectivity index (χ1v) is 9.73. The van der Waals surface area contributed by atoms with Crippen molar-refractivity contribution in [2.24, 2.45) is 0 Å². The Morgan fingerprint density at radius 1 is 1.12 bits per heavy atom. The molecule has 6 heteroatoms. The third-order valence-corrected chi connectivity index (χ3v) is 5.37. The van der Waals surface area contributed by atoms with Crippen molar-refractivity contribution in [1.29, 1.82) is 0 Å². The predicted molar refractivity (Wildman–Crippen MR) is 108 cm³/mol. The minimum Gasteiger partial charge on any atom is -0.375 e. The summed E-state index contributed by atoms with van der Waals surface area (Å²) < 4.78 is 8.82. The van der Waals surface area contributed by atoms with Crippen molar-refractivity contribution >= 4 is 27.0 Å². The van der Waals surface area contributed by atoms with E-state index in [1.807, 2.05) is 22.9 Å². The van der Waals surface area contributed by atoms with E-state index in [9.17, 15) is 0 Å². The van der Waals surface area contributed by atoms with Crippen LogP contribution in [-0.4, -0.2) is 46.6 Å². The largest absolute Gasteiger partial charge is 0.375 e. The molecule has 138 valence electrons. The van der Waals surface area contributed by atoms with Gasteiger partial charge in [0.2, 0.25) is 0 Å². The number of benzene rings is 2. The molecule has 0 aliphatic rings. The first kappa shape index (κ1) is 19.0. The number of hydrogen-bond donors (Lipinski definition) is 0. The fraction of sp³-hybridized carbons (Fsp3) is 0.400. The van der Waals surface area contributed by atoms with Crippen molar-refractivity contribution in [1.82, 2.24) is 19.9 Å². The quantitative estimate of drug-likeness (QED) is 0.493. The first-order chi connectivity index (χ1) is 12.6. The van der Waals surface area contributed by atoms with Crippen LogP contribution in [0.4, 0.5) is 0 Å². The highest BCUT2D eigenvalue weighted by atomic mass is 79.9. The summed E-state index contributed by atoms with van der Waals surface area (Å²) in [7, 11) is 2.13. The number of rotatable bonds is 9. The van der Waals surface area contributed by atoms with Gasteiger partial charge in [0.1, 0.15) is 5.52 Å². The van der Waals surface area contributed by atoms with Crippen LogP contribution in [-0.2, 0) is 17.9 Å². The monoisotopic (exact) mass is 416 g/mol. The molecule has 3 rings (SSSR count). The second kappa shape index (κ2) is 9.26. The lowest BCUT2D eigenvalue weighted by molar-refractivity contribution is 0.0990. The summed E-state index contributed by atoms with van der Waals surface area (Å²) in [6.45, 7) is 6.28. The van der Waals surface area contributed by atoms with E-state index in [0.717, 1.165) is 53.7 Å². The Labute approximate surface area is 163 Å². The van der Waals surface area contributed by atoms with E-state index in [0.29, 0.717) is 6.61 Å². The molecule has 0 saturated carbocycles. The molecule has 0 fully saturated rings. The number of aryl methyl sites for hydroxylation is 2. The molecule has 0 radical (unpaired) electrons. The summed E-state index contributed by atoms with van der Waals surface area (Å²) in [5, 5.41) is 8.62. The van der Waals surface area contributed by atoms with Gasteiger partial charge >= 0.3 is 0 Å². The SMILES string of the molecule is Cc1c(Br)ccc2c1nnn2CCCN(C)CCOCc1ccccc1. The highest BCUT2D eigenvalue weighted by Gasteiger charge is 2.09. The predicted octanol–water partition coefficient (Wildman–Crippen LogP) is 4.04. The van der Waals surface area contributed by atoms with Crippen molar-refractivity contribution < 1.29 is 4.74 Å². The lowest BCUT2D eigenvalue weighted by atomic mass is 10.2. The van der Waals surface area contributed by atoms with Crippen LogP contribution in [0.15, 0.2) is 46.9 Å². The summed E-state index contributed by atoms with van der Waals surface area (Å²) in [5.74, 6) is 0. The molecule has 0 bridgehead atoms. The lowest BCUT2D eigenvalue weighted by Crippen LogP contribution is -2.25. The van der Waals surface area contributed by atoms with Gasteiger partial charge in [-0.1, -0.05) is 51.5 Å². The number of aromatic nitrogens is 3. The Hall–Kier alpha value is -1.76. The lowest BCUT2D eigenvalue weighted by Gasteiger charge is -2.16. The van der Waals surface area contributed by atoms with Crippen molar-refractivity contribution in [3.63, 3.8) is 0 Å². The summed E-state index contributed by atoms with van der Waals surface area (Å²) in [5.41, 5.74) is 4.43. The van der Waals surface area contributed by atoms with Crippen LogP contribution in [0.5, 0.6) is 0 Å². The Morgan fingerprint density at radius 3 is 2.73 bits per heavy atom. The molecule has 0 amide bonds. The van der Waals surface area contributed by atoms with Gasteiger partial charge in [0.25, 0.3) is 0 Å². The highest BCUT2D eigenvalue weighted by Crippen LogP contribution is 2.23. The van der Waals surface area contributed by atoms with E-state index in [1.165, 1.54) is 5.56 Å². The third kappa shape index (κ3) is 4.90. The van der Waals surface area contributed by atoms with E-state index in [-0.39, 0.29) is 0 Å².